The van der Waals surface area contributed by atoms with Crippen LogP contribution in [-0.4, -0.2) is 48.0 Å². The third-order valence-corrected chi connectivity index (χ3v) is 3.29. The van der Waals surface area contributed by atoms with E-state index in [0.717, 1.165) is 11.8 Å². The summed E-state index contributed by atoms with van der Waals surface area (Å²) < 4.78 is 0. The molecule has 0 bridgehead atoms. The maximum Gasteiger partial charge on any atom is 0.123 e. The van der Waals surface area contributed by atoms with Gasteiger partial charge in [-0.05, 0) is 52.7 Å². The number of hydrogen-bond donors (Lipinski definition) is 1. The Kier molecular flexibility index (Phi) is 9.64. The molecule has 0 aliphatic carbocycles. The minimum atomic E-state index is 0.378. The van der Waals surface area contributed by atoms with E-state index in [4.69, 9.17) is 0 Å². The van der Waals surface area contributed by atoms with Gasteiger partial charge in [-0.1, -0.05) is 34.6 Å². The van der Waals surface area contributed by atoms with Crippen molar-refractivity contribution < 1.29 is 0 Å². The van der Waals surface area contributed by atoms with Gasteiger partial charge in [0.25, 0.3) is 0 Å². The number of piperidine rings is 1. The van der Waals surface area contributed by atoms with E-state index >= 15 is 0 Å². The Morgan fingerprint density at radius 3 is 1.95 bits per heavy atom. The van der Waals surface area contributed by atoms with Crippen molar-refractivity contribution in [2.75, 3.05) is 20.1 Å². The van der Waals surface area contributed by atoms with Gasteiger partial charge in [-0.3, -0.25) is 5.43 Å². The first kappa shape index (κ1) is 19.2. The molecule has 0 saturated carbocycles. The van der Waals surface area contributed by atoms with E-state index in [9.17, 15) is 0 Å². The predicted octanol–water partition coefficient (Wildman–Crippen LogP) is 3.35. The lowest BCUT2D eigenvalue weighted by Crippen LogP contribution is -2.49. The summed E-state index contributed by atoms with van der Waals surface area (Å²) >= 11 is 0. The Hall–Kier alpha value is -0.770. The second kappa shape index (κ2) is 10.0. The fraction of sp³-hybridized carbons (Fsp3) is 0.938. The lowest BCUT2D eigenvalue weighted by molar-refractivity contribution is 0.150. The molecular weight excluding hydrogens is 248 g/mol. The number of rotatable bonds is 1. The molecule has 1 atom stereocenters. The molecule has 1 saturated heterocycles. The Balaban J connectivity index is 0.000000521. The highest BCUT2D eigenvalue weighted by molar-refractivity contribution is 5.81. The normalized spacial score (nSPS) is 23.4. The smallest absolute Gasteiger partial charge is 0.123 e. The molecule has 0 aromatic heterocycles. The van der Waals surface area contributed by atoms with E-state index in [1.807, 2.05) is 13.8 Å². The highest BCUT2D eigenvalue weighted by atomic mass is 15.5. The summed E-state index contributed by atoms with van der Waals surface area (Å²) in [6.45, 7) is 17.2. The average Bonchev–Trinajstić information content (AvgIpc) is 2.72. The van der Waals surface area contributed by atoms with Gasteiger partial charge in [-0.15, -0.1) is 0 Å². The first-order valence-corrected chi connectivity index (χ1v) is 8.18. The Labute approximate surface area is 126 Å². The summed E-state index contributed by atoms with van der Waals surface area (Å²) in [5, 5.41) is 4.27. The molecule has 2 aliphatic heterocycles. The molecule has 2 rings (SSSR count). The second-order valence-corrected chi connectivity index (χ2v) is 6.14. The largest absolute Gasteiger partial charge is 0.334 e. The van der Waals surface area contributed by atoms with Crippen LogP contribution in [-0.2, 0) is 0 Å². The van der Waals surface area contributed by atoms with Crippen molar-refractivity contribution in [3.8, 4) is 0 Å². The Bertz CT molecular complexity index is 265. The average molecular weight is 284 g/mol. The third-order valence-electron chi connectivity index (χ3n) is 3.29. The summed E-state index contributed by atoms with van der Waals surface area (Å²) in [6, 6.07) is 0.681. The number of hydrogen-bond acceptors (Lipinski definition) is 4. The molecule has 4 heteroatoms. The van der Waals surface area contributed by atoms with Crippen molar-refractivity contribution >= 4 is 5.84 Å². The van der Waals surface area contributed by atoms with Crippen LogP contribution in [0.4, 0.5) is 0 Å². The van der Waals surface area contributed by atoms with Crippen LogP contribution in [0.25, 0.3) is 0 Å². The second-order valence-electron chi connectivity index (χ2n) is 6.14. The zero-order valence-electron chi connectivity index (χ0n) is 14.9. The van der Waals surface area contributed by atoms with Gasteiger partial charge >= 0.3 is 0 Å². The van der Waals surface area contributed by atoms with Crippen molar-refractivity contribution in [2.45, 2.75) is 73.5 Å². The molecular formula is C16H36N4. The molecule has 0 aromatic carbocycles. The molecule has 1 unspecified atom stereocenters. The molecule has 0 spiro atoms. The van der Waals surface area contributed by atoms with Crippen molar-refractivity contribution in [3.63, 3.8) is 0 Å². The minimum Gasteiger partial charge on any atom is -0.334 e. The topological polar surface area (TPSA) is 30.9 Å². The monoisotopic (exact) mass is 284 g/mol. The van der Waals surface area contributed by atoms with Crippen LogP contribution in [0.15, 0.2) is 5.10 Å². The van der Waals surface area contributed by atoms with Gasteiger partial charge in [0.1, 0.15) is 12.0 Å². The van der Waals surface area contributed by atoms with Gasteiger partial charge in [0, 0.05) is 6.04 Å². The van der Waals surface area contributed by atoms with E-state index in [1.54, 1.807) is 0 Å². The summed E-state index contributed by atoms with van der Waals surface area (Å²) in [5.41, 5.74) is 3.13. The van der Waals surface area contributed by atoms with Crippen LogP contribution in [0.1, 0.15) is 61.3 Å². The molecule has 0 amide bonds. The number of hydrazone groups is 1. The number of nitrogens with one attached hydrogen (secondary N) is 1. The van der Waals surface area contributed by atoms with Gasteiger partial charge in [0.05, 0.1) is 0 Å². The van der Waals surface area contributed by atoms with Crippen LogP contribution in [0, 0.1) is 5.92 Å². The molecule has 1 N–H and O–H groups in total. The van der Waals surface area contributed by atoms with E-state index in [-0.39, 0.29) is 0 Å². The number of nitrogens with zero attached hydrogens (tertiary/aromatic N) is 3. The van der Waals surface area contributed by atoms with Crippen molar-refractivity contribution in [2.24, 2.45) is 11.0 Å². The zero-order chi connectivity index (χ0) is 15.7. The van der Waals surface area contributed by atoms with Gasteiger partial charge in [-0.25, -0.2) is 0 Å². The standard InChI is InChI=1S/C10H20N4.C4H10.C2H6/c1-8-11-12-9(2)14(8)10-4-6-13(3)7-5-10;1-4(2)3;1-2/h8,10-11H,4-7H2,1-3H3;4H,1-3H3;1-2H3. The van der Waals surface area contributed by atoms with Crippen LogP contribution < -0.4 is 5.43 Å². The zero-order valence-corrected chi connectivity index (χ0v) is 14.9. The van der Waals surface area contributed by atoms with Crippen LogP contribution >= 0.6 is 0 Å². The van der Waals surface area contributed by atoms with Gasteiger partial charge in [0.2, 0.25) is 0 Å². The summed E-state index contributed by atoms with van der Waals surface area (Å²) in [6.07, 6.45) is 2.90. The highest BCUT2D eigenvalue weighted by Crippen LogP contribution is 2.20. The van der Waals surface area contributed by atoms with Gasteiger partial charge in [-0.2, -0.15) is 5.10 Å². The molecule has 2 aliphatic rings. The molecule has 1 fully saturated rings. The maximum atomic E-state index is 4.27. The van der Waals surface area contributed by atoms with Crippen molar-refractivity contribution in [1.29, 1.82) is 0 Å². The van der Waals surface area contributed by atoms with Crippen LogP contribution in [0.3, 0.4) is 0 Å². The lowest BCUT2D eigenvalue weighted by atomic mass is 10.0. The molecule has 4 nitrogen and oxygen atoms in total. The summed E-state index contributed by atoms with van der Waals surface area (Å²) in [4.78, 5) is 4.82. The molecule has 2 heterocycles. The van der Waals surface area contributed by atoms with E-state index in [0.29, 0.717) is 12.2 Å². The molecule has 0 radical (unpaired) electrons. The van der Waals surface area contributed by atoms with E-state index in [1.165, 1.54) is 25.9 Å². The van der Waals surface area contributed by atoms with Crippen molar-refractivity contribution in [1.82, 2.24) is 15.2 Å². The Morgan fingerprint density at radius 1 is 1.15 bits per heavy atom. The van der Waals surface area contributed by atoms with E-state index in [2.05, 4.69) is 62.0 Å². The molecule has 120 valence electrons. The predicted molar refractivity (Wildman–Crippen MR) is 89.9 cm³/mol. The molecule has 20 heavy (non-hydrogen) atoms. The third kappa shape index (κ3) is 6.60. The summed E-state index contributed by atoms with van der Waals surface area (Å²) in [5.74, 6) is 1.98. The Morgan fingerprint density at radius 2 is 1.60 bits per heavy atom. The van der Waals surface area contributed by atoms with Crippen LogP contribution in [0.5, 0.6) is 0 Å². The van der Waals surface area contributed by atoms with Gasteiger partial charge in [0.15, 0.2) is 0 Å². The number of likely N-dealkylation sites (tertiary alicyclic amines) is 1. The maximum absolute atomic E-state index is 4.27. The quantitative estimate of drug-likeness (QED) is 0.801. The highest BCUT2D eigenvalue weighted by Gasteiger charge is 2.30. The van der Waals surface area contributed by atoms with Crippen LogP contribution in [0.2, 0.25) is 0 Å². The SMILES string of the molecule is CC.CC(C)C.CC1=NNC(C)N1C1CCN(C)CC1. The summed E-state index contributed by atoms with van der Waals surface area (Å²) in [7, 11) is 2.20. The fourth-order valence-electron chi connectivity index (χ4n) is 2.44. The fourth-order valence-corrected chi connectivity index (χ4v) is 2.44. The number of amidine groups is 1. The van der Waals surface area contributed by atoms with Crippen molar-refractivity contribution in [3.05, 3.63) is 0 Å². The van der Waals surface area contributed by atoms with Gasteiger partial charge < -0.3 is 9.80 Å². The first-order valence-electron chi connectivity index (χ1n) is 8.18. The lowest BCUT2D eigenvalue weighted by Gasteiger charge is -2.38. The van der Waals surface area contributed by atoms with E-state index < -0.39 is 0 Å². The minimum absolute atomic E-state index is 0.378. The first-order chi connectivity index (χ1) is 9.41. The molecule has 0 aromatic rings.